The first-order valence-electron chi connectivity index (χ1n) is 5.58. The molecule has 1 rings (SSSR count). The monoisotopic (exact) mass is 299 g/mol. The molecule has 0 aliphatic rings. The lowest BCUT2D eigenvalue weighted by atomic mass is 10.0. The van der Waals surface area contributed by atoms with Gasteiger partial charge in [0.15, 0.2) is 0 Å². The zero-order valence-electron chi connectivity index (χ0n) is 10.4. The van der Waals surface area contributed by atoms with Crippen LogP contribution in [0.3, 0.4) is 0 Å². The number of amides is 1. The first-order chi connectivity index (χ1) is 8.08. The van der Waals surface area contributed by atoms with Crippen LogP contribution in [-0.4, -0.2) is 18.3 Å². The lowest BCUT2D eigenvalue weighted by Crippen LogP contribution is -2.27. The van der Waals surface area contributed by atoms with Crippen molar-refractivity contribution in [3.63, 3.8) is 0 Å². The summed E-state index contributed by atoms with van der Waals surface area (Å²) in [6.45, 7) is 3.99. The van der Waals surface area contributed by atoms with Gasteiger partial charge in [0.25, 0.3) is 0 Å². The van der Waals surface area contributed by atoms with Gasteiger partial charge < -0.3 is 10.1 Å². The van der Waals surface area contributed by atoms with Crippen molar-refractivity contribution in [2.24, 2.45) is 0 Å². The minimum Gasteiger partial charge on any atom is -0.496 e. The fraction of sp³-hybridized carbons (Fsp3) is 0.462. The molecule has 0 spiro atoms. The molecule has 0 fully saturated rings. The molecule has 1 aromatic rings. The number of rotatable bonds is 5. The van der Waals surface area contributed by atoms with E-state index in [9.17, 15) is 4.79 Å². The highest BCUT2D eigenvalue weighted by molar-refractivity contribution is 9.09. The van der Waals surface area contributed by atoms with Crippen molar-refractivity contribution in [2.75, 3.05) is 12.4 Å². The summed E-state index contributed by atoms with van der Waals surface area (Å²) in [5, 5.41) is 3.63. The van der Waals surface area contributed by atoms with Crippen LogP contribution in [0.4, 0.5) is 0 Å². The average Bonchev–Trinajstić information content (AvgIpc) is 2.29. The lowest BCUT2D eigenvalue weighted by Gasteiger charge is -2.17. The third-order valence-corrected chi connectivity index (χ3v) is 2.95. The second kappa shape index (κ2) is 6.64. The normalized spacial score (nSPS) is 12.0. The molecule has 17 heavy (non-hydrogen) atoms. The Kier molecular flexibility index (Phi) is 5.48. The summed E-state index contributed by atoms with van der Waals surface area (Å²) in [6.07, 6.45) is 0.485. The Labute approximate surface area is 111 Å². The predicted molar refractivity (Wildman–Crippen MR) is 72.7 cm³/mol. The molecule has 0 aliphatic carbocycles. The average molecular weight is 300 g/mol. The zero-order valence-corrected chi connectivity index (χ0v) is 12.0. The van der Waals surface area contributed by atoms with Crippen molar-refractivity contribution in [3.8, 4) is 5.75 Å². The topological polar surface area (TPSA) is 38.3 Å². The van der Waals surface area contributed by atoms with E-state index in [0.29, 0.717) is 11.8 Å². The van der Waals surface area contributed by atoms with Crippen molar-refractivity contribution in [1.29, 1.82) is 0 Å². The molecule has 0 bridgehead atoms. The summed E-state index contributed by atoms with van der Waals surface area (Å²) in [4.78, 5) is 11.5. The van der Waals surface area contributed by atoms with Crippen LogP contribution in [0.25, 0.3) is 0 Å². The maximum Gasteiger partial charge on any atom is 0.221 e. The summed E-state index contributed by atoms with van der Waals surface area (Å²) in [6, 6.07) is 5.92. The largest absolute Gasteiger partial charge is 0.496 e. The first-order valence-corrected chi connectivity index (χ1v) is 6.70. The number of carbonyl (C=O) groups excluding carboxylic acids is 1. The highest BCUT2D eigenvalue weighted by atomic mass is 79.9. The van der Waals surface area contributed by atoms with Gasteiger partial charge in [0, 0.05) is 17.3 Å². The van der Waals surface area contributed by atoms with Crippen LogP contribution in [0, 0.1) is 6.92 Å². The molecule has 0 aliphatic heterocycles. The predicted octanol–water partition coefficient (Wildman–Crippen LogP) is 2.97. The van der Waals surface area contributed by atoms with E-state index in [2.05, 4.69) is 21.2 Å². The maximum atomic E-state index is 11.5. The number of hydrogen-bond donors (Lipinski definition) is 1. The molecule has 0 aromatic heterocycles. The Morgan fingerprint density at radius 1 is 1.53 bits per heavy atom. The Balaban J connectivity index is 2.83. The molecule has 1 aromatic carbocycles. The number of ether oxygens (including phenoxy) is 1. The van der Waals surface area contributed by atoms with Gasteiger partial charge in [0.1, 0.15) is 5.75 Å². The summed E-state index contributed by atoms with van der Waals surface area (Å²) in [5.41, 5.74) is 2.16. The van der Waals surface area contributed by atoms with Crippen LogP contribution >= 0.6 is 15.9 Å². The third kappa shape index (κ3) is 4.04. The van der Waals surface area contributed by atoms with Crippen LogP contribution in [0.1, 0.15) is 30.5 Å². The first kappa shape index (κ1) is 14.0. The quantitative estimate of drug-likeness (QED) is 0.849. The van der Waals surface area contributed by atoms with Crippen LogP contribution in [0.2, 0.25) is 0 Å². The van der Waals surface area contributed by atoms with E-state index in [-0.39, 0.29) is 11.9 Å². The zero-order chi connectivity index (χ0) is 12.8. The van der Waals surface area contributed by atoms with Crippen molar-refractivity contribution in [1.82, 2.24) is 5.32 Å². The van der Waals surface area contributed by atoms with Gasteiger partial charge in [-0.15, -0.1) is 0 Å². The van der Waals surface area contributed by atoms with Gasteiger partial charge >= 0.3 is 0 Å². The molecular weight excluding hydrogens is 282 g/mol. The number of aryl methyl sites for hydroxylation is 1. The van der Waals surface area contributed by atoms with E-state index >= 15 is 0 Å². The number of nitrogens with one attached hydrogen (secondary N) is 1. The standard InChI is InChI=1S/C13H18BrNO2/c1-9-4-5-12(17-3)11(8-9)10(2)15-13(16)6-7-14/h4-5,8,10H,6-7H2,1-3H3,(H,15,16). The van der Waals surface area contributed by atoms with Crippen molar-refractivity contribution in [3.05, 3.63) is 29.3 Å². The van der Waals surface area contributed by atoms with Gasteiger partial charge in [-0.05, 0) is 19.9 Å². The second-order valence-corrected chi connectivity index (χ2v) is 4.77. The summed E-state index contributed by atoms with van der Waals surface area (Å²) >= 11 is 3.25. The van der Waals surface area contributed by atoms with E-state index in [0.717, 1.165) is 16.9 Å². The molecule has 0 radical (unpaired) electrons. The van der Waals surface area contributed by atoms with Crippen molar-refractivity contribution in [2.45, 2.75) is 26.3 Å². The maximum absolute atomic E-state index is 11.5. The Hall–Kier alpha value is -1.03. The fourth-order valence-electron chi connectivity index (χ4n) is 1.67. The Bertz CT molecular complexity index is 393. The van der Waals surface area contributed by atoms with Gasteiger partial charge in [-0.3, -0.25) is 4.79 Å². The third-order valence-electron chi connectivity index (χ3n) is 2.55. The van der Waals surface area contributed by atoms with E-state index in [1.54, 1.807) is 7.11 Å². The van der Waals surface area contributed by atoms with Gasteiger partial charge in [-0.25, -0.2) is 0 Å². The fourth-order valence-corrected chi connectivity index (χ4v) is 2.03. The number of benzene rings is 1. The molecule has 1 amide bonds. The molecule has 1 unspecified atom stereocenters. The number of hydrogen-bond acceptors (Lipinski definition) is 2. The van der Waals surface area contributed by atoms with Crippen LogP contribution in [0.15, 0.2) is 18.2 Å². The van der Waals surface area contributed by atoms with E-state index in [1.807, 2.05) is 32.0 Å². The highest BCUT2D eigenvalue weighted by Crippen LogP contribution is 2.26. The highest BCUT2D eigenvalue weighted by Gasteiger charge is 2.13. The summed E-state index contributed by atoms with van der Waals surface area (Å²) in [7, 11) is 1.64. The van der Waals surface area contributed by atoms with E-state index in [1.165, 1.54) is 0 Å². The summed E-state index contributed by atoms with van der Waals surface area (Å²) < 4.78 is 5.30. The van der Waals surface area contributed by atoms with Gasteiger partial charge in [0.05, 0.1) is 13.2 Å². The molecule has 1 N–H and O–H groups in total. The van der Waals surface area contributed by atoms with Crippen molar-refractivity contribution >= 4 is 21.8 Å². The van der Waals surface area contributed by atoms with Gasteiger partial charge in [0.2, 0.25) is 5.91 Å². The summed E-state index contributed by atoms with van der Waals surface area (Å²) in [5.74, 6) is 0.847. The molecule has 3 nitrogen and oxygen atoms in total. The SMILES string of the molecule is COc1ccc(C)cc1C(C)NC(=O)CCBr. The van der Waals surface area contributed by atoms with Crippen LogP contribution < -0.4 is 10.1 Å². The van der Waals surface area contributed by atoms with Crippen molar-refractivity contribution < 1.29 is 9.53 Å². The molecule has 94 valence electrons. The molecular formula is C13H18BrNO2. The lowest BCUT2D eigenvalue weighted by molar-refractivity contribution is -0.121. The molecule has 0 heterocycles. The van der Waals surface area contributed by atoms with Crippen LogP contribution in [0.5, 0.6) is 5.75 Å². The van der Waals surface area contributed by atoms with Crippen LogP contribution in [-0.2, 0) is 4.79 Å². The number of halogens is 1. The molecule has 0 saturated heterocycles. The molecule has 1 atom stereocenters. The Morgan fingerprint density at radius 3 is 2.82 bits per heavy atom. The second-order valence-electron chi connectivity index (χ2n) is 3.97. The van der Waals surface area contributed by atoms with E-state index in [4.69, 9.17) is 4.74 Å². The van der Waals surface area contributed by atoms with E-state index < -0.39 is 0 Å². The molecule has 4 heteroatoms. The molecule has 0 saturated carbocycles. The number of carbonyl (C=O) groups is 1. The smallest absolute Gasteiger partial charge is 0.221 e. The minimum absolute atomic E-state index is 0.0398. The van der Waals surface area contributed by atoms with Gasteiger partial charge in [-0.1, -0.05) is 33.6 Å². The number of alkyl halides is 1. The number of methoxy groups -OCH3 is 1. The Morgan fingerprint density at radius 2 is 2.24 bits per heavy atom. The van der Waals surface area contributed by atoms with Gasteiger partial charge in [-0.2, -0.15) is 0 Å². The minimum atomic E-state index is -0.0450.